The maximum Gasteiger partial charge on any atom is 0.417 e. The molecule has 3 N–H and O–H groups in total. The summed E-state index contributed by atoms with van der Waals surface area (Å²) in [5.74, 6) is -1.47. The van der Waals surface area contributed by atoms with Crippen LogP contribution in [-0.4, -0.2) is 11.8 Å². The Hall–Kier alpha value is -2.83. The number of rotatable bonds is 4. The molecular formula is C17H15F3N2O2. The molecule has 1 unspecified atom stereocenters. The lowest BCUT2D eigenvalue weighted by molar-refractivity contribution is -0.137. The number of primary amides is 1. The maximum atomic E-state index is 13.0. The Morgan fingerprint density at radius 3 is 2.38 bits per heavy atom. The molecule has 126 valence electrons. The molecule has 0 heterocycles. The van der Waals surface area contributed by atoms with E-state index in [-0.39, 0.29) is 5.56 Å². The molecule has 2 aromatic carbocycles. The van der Waals surface area contributed by atoms with Gasteiger partial charge < -0.3 is 11.1 Å². The lowest BCUT2D eigenvalue weighted by Gasteiger charge is -2.17. The van der Waals surface area contributed by atoms with Gasteiger partial charge in [0.1, 0.15) is 0 Å². The minimum absolute atomic E-state index is 0.254. The van der Waals surface area contributed by atoms with Crippen molar-refractivity contribution in [1.29, 1.82) is 0 Å². The summed E-state index contributed by atoms with van der Waals surface area (Å²) in [5, 5.41) is 2.50. The first kappa shape index (κ1) is 17.5. The van der Waals surface area contributed by atoms with Crippen molar-refractivity contribution in [3.8, 4) is 0 Å². The zero-order valence-corrected chi connectivity index (χ0v) is 12.7. The Kier molecular flexibility index (Phi) is 4.92. The number of halogens is 3. The third kappa shape index (κ3) is 3.92. The van der Waals surface area contributed by atoms with E-state index in [2.05, 4.69) is 5.32 Å². The third-order valence-electron chi connectivity index (χ3n) is 3.50. The number of carbonyl (C=O) groups excluding carboxylic acids is 2. The summed E-state index contributed by atoms with van der Waals surface area (Å²) in [5.41, 5.74) is 4.55. The van der Waals surface area contributed by atoms with Gasteiger partial charge in [-0.3, -0.25) is 9.59 Å². The van der Waals surface area contributed by atoms with E-state index < -0.39 is 35.2 Å². The molecule has 4 nitrogen and oxygen atoms in total. The predicted molar refractivity (Wildman–Crippen MR) is 82.3 cm³/mol. The smallest absolute Gasteiger partial charge is 0.366 e. The molecule has 0 fully saturated rings. The molecule has 0 bridgehead atoms. The average molecular weight is 336 g/mol. The van der Waals surface area contributed by atoms with Gasteiger partial charge in [-0.1, -0.05) is 24.3 Å². The van der Waals surface area contributed by atoms with Gasteiger partial charge >= 0.3 is 6.18 Å². The molecule has 0 aliphatic carbocycles. The van der Waals surface area contributed by atoms with E-state index in [1.807, 2.05) is 0 Å². The number of carbonyl (C=O) groups is 2. The summed E-state index contributed by atoms with van der Waals surface area (Å²) in [6.45, 7) is 1.61. The van der Waals surface area contributed by atoms with Gasteiger partial charge in [-0.15, -0.1) is 0 Å². The van der Waals surface area contributed by atoms with Crippen LogP contribution in [0.15, 0.2) is 48.5 Å². The minimum Gasteiger partial charge on any atom is -0.366 e. The molecule has 2 rings (SSSR count). The fourth-order valence-electron chi connectivity index (χ4n) is 2.25. The topological polar surface area (TPSA) is 72.2 Å². The Labute approximate surface area is 136 Å². The summed E-state index contributed by atoms with van der Waals surface area (Å²) < 4.78 is 38.9. The summed E-state index contributed by atoms with van der Waals surface area (Å²) >= 11 is 0. The van der Waals surface area contributed by atoms with Crippen LogP contribution in [0.2, 0.25) is 0 Å². The van der Waals surface area contributed by atoms with Gasteiger partial charge in [0.2, 0.25) is 5.91 Å². The number of nitrogens with two attached hydrogens (primary N) is 1. The predicted octanol–water partition coefficient (Wildman–Crippen LogP) is 3.30. The van der Waals surface area contributed by atoms with E-state index in [9.17, 15) is 22.8 Å². The van der Waals surface area contributed by atoms with Gasteiger partial charge in [-0.2, -0.15) is 13.2 Å². The van der Waals surface area contributed by atoms with Crippen LogP contribution < -0.4 is 11.1 Å². The van der Waals surface area contributed by atoms with Crippen molar-refractivity contribution in [1.82, 2.24) is 5.32 Å². The molecular weight excluding hydrogens is 321 g/mol. The largest absolute Gasteiger partial charge is 0.417 e. The number of amides is 2. The Balaban J connectivity index is 2.24. The molecule has 0 aliphatic rings. The fourth-order valence-corrected chi connectivity index (χ4v) is 2.25. The van der Waals surface area contributed by atoms with Crippen molar-refractivity contribution in [3.05, 3.63) is 70.8 Å². The summed E-state index contributed by atoms with van der Waals surface area (Å²) in [6.07, 6.45) is -4.62. The van der Waals surface area contributed by atoms with Gasteiger partial charge in [-0.05, 0) is 36.8 Å². The standard InChI is InChI=1S/C17H15F3N2O2/c1-10(11-5-4-6-12(9-11)15(21)23)22-16(24)13-7-2-3-8-14(13)17(18,19)20/h2-10H,1H3,(H2,21,23)(H,22,24). The second kappa shape index (κ2) is 6.74. The monoisotopic (exact) mass is 336 g/mol. The van der Waals surface area contributed by atoms with E-state index in [0.717, 1.165) is 12.1 Å². The fraction of sp³-hybridized carbons (Fsp3) is 0.176. The van der Waals surface area contributed by atoms with E-state index in [1.54, 1.807) is 19.1 Å². The number of hydrogen-bond acceptors (Lipinski definition) is 2. The molecule has 2 amide bonds. The molecule has 0 radical (unpaired) electrons. The molecule has 7 heteroatoms. The normalized spacial score (nSPS) is 12.5. The zero-order valence-electron chi connectivity index (χ0n) is 12.7. The van der Waals surface area contributed by atoms with Crippen molar-refractivity contribution in [3.63, 3.8) is 0 Å². The number of nitrogens with one attached hydrogen (secondary N) is 1. The first-order chi connectivity index (χ1) is 11.2. The van der Waals surface area contributed by atoms with Crippen LogP contribution >= 0.6 is 0 Å². The lowest BCUT2D eigenvalue weighted by atomic mass is 10.0. The summed E-state index contributed by atoms with van der Waals surface area (Å²) in [6, 6.07) is 10.2. The highest BCUT2D eigenvalue weighted by Gasteiger charge is 2.35. The molecule has 0 spiro atoms. The van der Waals surface area contributed by atoms with Gasteiger partial charge in [0, 0.05) is 5.56 Å². The minimum atomic E-state index is -4.62. The quantitative estimate of drug-likeness (QED) is 0.899. The molecule has 0 aliphatic heterocycles. The summed E-state index contributed by atoms with van der Waals surface area (Å²) in [7, 11) is 0. The van der Waals surface area contributed by atoms with Gasteiger partial charge in [0.15, 0.2) is 0 Å². The molecule has 2 aromatic rings. The van der Waals surface area contributed by atoms with Crippen LogP contribution in [-0.2, 0) is 6.18 Å². The van der Waals surface area contributed by atoms with Gasteiger partial charge in [0.25, 0.3) is 5.91 Å². The van der Waals surface area contributed by atoms with Gasteiger partial charge in [0.05, 0.1) is 17.2 Å². The second-order valence-electron chi connectivity index (χ2n) is 5.23. The molecule has 1 atom stereocenters. The van der Waals surface area contributed by atoms with Crippen LogP contribution in [0.3, 0.4) is 0 Å². The highest BCUT2D eigenvalue weighted by atomic mass is 19.4. The van der Waals surface area contributed by atoms with Crippen molar-refractivity contribution in [2.75, 3.05) is 0 Å². The second-order valence-corrected chi connectivity index (χ2v) is 5.23. The summed E-state index contributed by atoms with van der Waals surface area (Å²) in [4.78, 5) is 23.4. The Bertz CT molecular complexity index is 772. The SMILES string of the molecule is CC(NC(=O)c1ccccc1C(F)(F)F)c1cccc(C(N)=O)c1. The van der Waals surface area contributed by atoms with Crippen LogP contribution in [0.1, 0.15) is 44.8 Å². The van der Waals surface area contributed by atoms with Crippen LogP contribution in [0, 0.1) is 0 Å². The highest BCUT2D eigenvalue weighted by Crippen LogP contribution is 2.32. The number of hydrogen-bond donors (Lipinski definition) is 2. The third-order valence-corrected chi connectivity index (χ3v) is 3.50. The lowest BCUT2D eigenvalue weighted by Crippen LogP contribution is -2.29. The van der Waals surface area contributed by atoms with Crippen molar-refractivity contribution >= 4 is 11.8 Å². The molecule has 0 saturated carbocycles. The maximum absolute atomic E-state index is 13.0. The van der Waals surface area contributed by atoms with Crippen molar-refractivity contribution in [2.45, 2.75) is 19.1 Å². The first-order valence-electron chi connectivity index (χ1n) is 7.07. The molecule has 24 heavy (non-hydrogen) atoms. The van der Waals surface area contributed by atoms with Gasteiger partial charge in [-0.25, -0.2) is 0 Å². The Morgan fingerprint density at radius 2 is 1.75 bits per heavy atom. The number of benzene rings is 2. The van der Waals surface area contributed by atoms with Crippen LogP contribution in [0.5, 0.6) is 0 Å². The van der Waals surface area contributed by atoms with Crippen molar-refractivity contribution < 1.29 is 22.8 Å². The van der Waals surface area contributed by atoms with Crippen molar-refractivity contribution in [2.24, 2.45) is 5.73 Å². The van der Waals surface area contributed by atoms with E-state index in [1.165, 1.54) is 24.3 Å². The first-order valence-corrected chi connectivity index (χ1v) is 7.07. The molecule has 0 aromatic heterocycles. The van der Waals surface area contributed by atoms with E-state index in [0.29, 0.717) is 5.56 Å². The van der Waals surface area contributed by atoms with Crippen LogP contribution in [0.25, 0.3) is 0 Å². The van der Waals surface area contributed by atoms with E-state index >= 15 is 0 Å². The number of alkyl halides is 3. The highest BCUT2D eigenvalue weighted by molar-refractivity contribution is 5.96. The molecule has 0 saturated heterocycles. The van der Waals surface area contributed by atoms with E-state index in [4.69, 9.17) is 5.73 Å². The van der Waals surface area contributed by atoms with Crippen LogP contribution in [0.4, 0.5) is 13.2 Å². The Morgan fingerprint density at radius 1 is 1.08 bits per heavy atom. The zero-order chi connectivity index (χ0) is 17.9. The average Bonchev–Trinajstić information content (AvgIpc) is 2.54.